The number of aromatic nitrogens is 1. The zero-order chi connectivity index (χ0) is 18.1. The molecule has 1 spiro atoms. The van der Waals surface area contributed by atoms with Gasteiger partial charge in [0.05, 0.1) is 28.2 Å². The molecule has 0 unspecified atom stereocenters. The van der Waals surface area contributed by atoms with Crippen molar-refractivity contribution < 1.29 is 14.6 Å². The molecule has 1 aliphatic heterocycles. The fourth-order valence-electron chi connectivity index (χ4n) is 4.12. The second-order valence-corrected chi connectivity index (χ2v) is 9.30. The molecule has 1 saturated carbocycles. The number of likely N-dealkylation sites (tertiary alicyclic amines) is 1. The van der Waals surface area contributed by atoms with Crippen LogP contribution in [0.4, 0.5) is 0 Å². The molecule has 1 aromatic carbocycles. The number of nitrogens with zero attached hydrogens (tertiary/aromatic N) is 2. The van der Waals surface area contributed by atoms with E-state index in [0.717, 1.165) is 33.8 Å². The number of aliphatic hydroxyl groups excluding tert-OH is 1. The highest BCUT2D eigenvalue weighted by Crippen LogP contribution is 2.51. The summed E-state index contributed by atoms with van der Waals surface area (Å²) >= 11 is 3.15. The van der Waals surface area contributed by atoms with Crippen LogP contribution in [0, 0.1) is 5.41 Å². The number of amides is 1. The molecule has 140 valence electrons. The van der Waals surface area contributed by atoms with Crippen LogP contribution in [0.1, 0.15) is 26.2 Å². The standard InChI is InChI=1S/C19H24N2O3S2/c1-2-24-16-11-15(22)19(16)7-9-21(10-8-19)17(23)12-25-18-20-13-5-3-4-6-14(13)26-18/h3-6,15-16,22H,2,7-12H2,1H3/t15-,16+/m1/s1. The van der Waals surface area contributed by atoms with Crippen LogP contribution in [-0.2, 0) is 9.53 Å². The molecule has 1 aromatic heterocycles. The lowest BCUT2D eigenvalue weighted by molar-refractivity contribution is -0.209. The van der Waals surface area contributed by atoms with E-state index >= 15 is 0 Å². The fourth-order valence-corrected chi connectivity index (χ4v) is 6.09. The number of aliphatic hydroxyl groups is 1. The Balaban J connectivity index is 1.31. The van der Waals surface area contributed by atoms with E-state index in [1.807, 2.05) is 30.0 Å². The molecule has 1 saturated heterocycles. The number of fused-ring (bicyclic) bond motifs is 1. The average Bonchev–Trinajstić information content (AvgIpc) is 3.09. The molecule has 2 fully saturated rings. The number of thiazole rings is 1. The number of para-hydroxylation sites is 1. The van der Waals surface area contributed by atoms with Crippen molar-refractivity contribution in [3.8, 4) is 0 Å². The van der Waals surface area contributed by atoms with Gasteiger partial charge in [0.2, 0.25) is 5.91 Å². The summed E-state index contributed by atoms with van der Waals surface area (Å²) in [7, 11) is 0. The van der Waals surface area contributed by atoms with E-state index in [2.05, 4.69) is 11.1 Å². The SMILES string of the molecule is CCO[C@H]1C[C@@H](O)C12CCN(C(=O)CSc1nc3ccccc3s1)CC2. The highest BCUT2D eigenvalue weighted by Gasteiger charge is 2.56. The van der Waals surface area contributed by atoms with E-state index in [9.17, 15) is 9.90 Å². The van der Waals surface area contributed by atoms with Crippen LogP contribution in [0.3, 0.4) is 0 Å². The summed E-state index contributed by atoms with van der Waals surface area (Å²) in [6, 6.07) is 8.05. The highest BCUT2D eigenvalue weighted by molar-refractivity contribution is 8.01. The Kier molecular flexibility index (Phi) is 5.23. The Morgan fingerprint density at radius 2 is 2.19 bits per heavy atom. The molecule has 2 atom stereocenters. The Morgan fingerprint density at radius 3 is 2.88 bits per heavy atom. The minimum Gasteiger partial charge on any atom is -0.392 e. The first-order chi connectivity index (χ1) is 12.6. The van der Waals surface area contributed by atoms with Gasteiger partial charge >= 0.3 is 0 Å². The van der Waals surface area contributed by atoms with Crippen LogP contribution in [-0.4, -0.2) is 58.6 Å². The van der Waals surface area contributed by atoms with Crippen LogP contribution in [0.15, 0.2) is 28.6 Å². The summed E-state index contributed by atoms with van der Waals surface area (Å²) < 4.78 is 7.90. The first kappa shape index (κ1) is 18.2. The molecule has 4 rings (SSSR count). The van der Waals surface area contributed by atoms with Crippen molar-refractivity contribution in [2.45, 2.75) is 42.7 Å². The number of piperidine rings is 1. The van der Waals surface area contributed by atoms with E-state index in [1.165, 1.54) is 11.8 Å². The maximum atomic E-state index is 12.6. The summed E-state index contributed by atoms with van der Waals surface area (Å²) in [6.45, 7) is 4.09. The quantitative estimate of drug-likeness (QED) is 0.792. The van der Waals surface area contributed by atoms with Gasteiger partial charge in [-0.2, -0.15) is 0 Å². The smallest absolute Gasteiger partial charge is 0.233 e. The predicted molar refractivity (Wildman–Crippen MR) is 105 cm³/mol. The summed E-state index contributed by atoms with van der Waals surface area (Å²) in [5.74, 6) is 0.579. The van der Waals surface area contributed by atoms with Crippen molar-refractivity contribution in [1.82, 2.24) is 9.88 Å². The molecule has 1 N–H and O–H groups in total. The van der Waals surface area contributed by atoms with E-state index in [0.29, 0.717) is 25.4 Å². The second kappa shape index (κ2) is 7.46. The summed E-state index contributed by atoms with van der Waals surface area (Å²) in [4.78, 5) is 19.1. The largest absolute Gasteiger partial charge is 0.392 e. The van der Waals surface area contributed by atoms with E-state index in [-0.39, 0.29) is 23.5 Å². The lowest BCUT2D eigenvalue weighted by atomic mass is 9.58. The number of ether oxygens (including phenoxy) is 1. The first-order valence-corrected chi connectivity index (χ1v) is 11.0. The molecule has 2 aromatic rings. The Hall–Kier alpha value is -1.15. The van der Waals surface area contributed by atoms with Crippen LogP contribution >= 0.6 is 23.1 Å². The zero-order valence-electron chi connectivity index (χ0n) is 14.9. The third-order valence-corrected chi connectivity index (χ3v) is 7.91. The normalized spacial score (nSPS) is 24.8. The van der Waals surface area contributed by atoms with Gasteiger partial charge in [0.15, 0.2) is 4.34 Å². The van der Waals surface area contributed by atoms with Gasteiger partial charge in [-0.05, 0) is 31.9 Å². The number of hydrogen-bond acceptors (Lipinski definition) is 6. The van der Waals surface area contributed by atoms with Crippen molar-refractivity contribution >= 4 is 39.2 Å². The third kappa shape index (κ3) is 3.26. The Bertz CT molecular complexity index is 751. The number of carbonyl (C=O) groups excluding carboxylic acids is 1. The maximum absolute atomic E-state index is 12.6. The minimum absolute atomic E-state index is 0.132. The van der Waals surface area contributed by atoms with E-state index in [4.69, 9.17) is 4.74 Å². The molecular formula is C19H24N2O3S2. The molecule has 7 heteroatoms. The molecule has 0 bridgehead atoms. The second-order valence-electron chi connectivity index (χ2n) is 7.05. The van der Waals surface area contributed by atoms with Crippen molar-refractivity contribution in [2.24, 2.45) is 5.41 Å². The number of benzene rings is 1. The maximum Gasteiger partial charge on any atom is 0.233 e. The number of hydrogen-bond donors (Lipinski definition) is 1. The molecule has 26 heavy (non-hydrogen) atoms. The molecule has 1 aliphatic carbocycles. The first-order valence-electron chi connectivity index (χ1n) is 9.18. The molecular weight excluding hydrogens is 368 g/mol. The van der Waals surface area contributed by atoms with Crippen LogP contribution < -0.4 is 0 Å². The van der Waals surface area contributed by atoms with Gasteiger partial charge in [0, 0.05) is 31.5 Å². The van der Waals surface area contributed by atoms with Gasteiger partial charge in [0.25, 0.3) is 0 Å². The van der Waals surface area contributed by atoms with Crippen molar-refractivity contribution in [2.75, 3.05) is 25.4 Å². The fraction of sp³-hybridized carbons (Fsp3) is 0.579. The summed E-state index contributed by atoms with van der Waals surface area (Å²) in [6.07, 6.45) is 2.26. The van der Waals surface area contributed by atoms with Gasteiger partial charge in [-0.15, -0.1) is 11.3 Å². The Labute approximate surface area is 161 Å². The van der Waals surface area contributed by atoms with E-state index < -0.39 is 0 Å². The monoisotopic (exact) mass is 392 g/mol. The number of rotatable bonds is 5. The molecule has 1 amide bonds. The molecule has 0 radical (unpaired) electrons. The topological polar surface area (TPSA) is 62.7 Å². The highest BCUT2D eigenvalue weighted by atomic mass is 32.2. The van der Waals surface area contributed by atoms with Crippen LogP contribution in [0.25, 0.3) is 10.2 Å². The predicted octanol–water partition coefficient (Wildman–Crippen LogP) is 3.17. The molecule has 5 nitrogen and oxygen atoms in total. The molecule has 2 aliphatic rings. The third-order valence-electron chi connectivity index (χ3n) is 5.75. The summed E-state index contributed by atoms with van der Waals surface area (Å²) in [5.41, 5.74) is 0.862. The van der Waals surface area contributed by atoms with Gasteiger partial charge in [-0.25, -0.2) is 4.98 Å². The Morgan fingerprint density at radius 1 is 1.42 bits per heavy atom. The number of carbonyl (C=O) groups is 1. The van der Waals surface area contributed by atoms with Crippen molar-refractivity contribution in [1.29, 1.82) is 0 Å². The van der Waals surface area contributed by atoms with Crippen LogP contribution in [0.5, 0.6) is 0 Å². The lowest BCUT2D eigenvalue weighted by Gasteiger charge is -2.56. The number of thioether (sulfide) groups is 1. The van der Waals surface area contributed by atoms with Gasteiger partial charge in [-0.3, -0.25) is 4.79 Å². The van der Waals surface area contributed by atoms with Crippen molar-refractivity contribution in [3.63, 3.8) is 0 Å². The average molecular weight is 393 g/mol. The zero-order valence-corrected chi connectivity index (χ0v) is 16.5. The molecule has 2 heterocycles. The van der Waals surface area contributed by atoms with Gasteiger partial charge < -0.3 is 14.7 Å². The lowest BCUT2D eigenvalue weighted by Crippen LogP contribution is -2.62. The summed E-state index contributed by atoms with van der Waals surface area (Å²) in [5, 5.41) is 10.3. The van der Waals surface area contributed by atoms with Gasteiger partial charge in [0.1, 0.15) is 0 Å². The minimum atomic E-state index is -0.284. The van der Waals surface area contributed by atoms with Crippen LogP contribution in [0.2, 0.25) is 0 Å². The van der Waals surface area contributed by atoms with Gasteiger partial charge in [-0.1, -0.05) is 23.9 Å². The van der Waals surface area contributed by atoms with Crippen molar-refractivity contribution in [3.05, 3.63) is 24.3 Å². The van der Waals surface area contributed by atoms with E-state index in [1.54, 1.807) is 11.3 Å².